The highest BCUT2D eigenvalue weighted by atomic mass is 16.5. The van der Waals surface area contributed by atoms with Crippen LogP contribution in [0.15, 0.2) is 30.5 Å². The zero-order valence-electron chi connectivity index (χ0n) is 9.21. The number of ether oxygens (including phenoxy) is 1. The van der Waals surface area contributed by atoms with E-state index in [-0.39, 0.29) is 5.95 Å². The first-order chi connectivity index (χ1) is 8.24. The van der Waals surface area contributed by atoms with E-state index in [2.05, 4.69) is 15.0 Å². The molecule has 0 saturated carbocycles. The van der Waals surface area contributed by atoms with Crippen LogP contribution in [0.2, 0.25) is 0 Å². The van der Waals surface area contributed by atoms with Gasteiger partial charge in [0.1, 0.15) is 5.82 Å². The second kappa shape index (κ2) is 5.11. The van der Waals surface area contributed by atoms with Gasteiger partial charge in [-0.3, -0.25) is 4.98 Å². The number of nitrogen functional groups attached to an aromatic ring is 2. The van der Waals surface area contributed by atoms with Crippen LogP contribution in [0.5, 0.6) is 5.88 Å². The van der Waals surface area contributed by atoms with Gasteiger partial charge in [-0.1, -0.05) is 6.07 Å². The molecule has 0 atom stereocenters. The largest absolute Gasteiger partial charge is 0.477 e. The van der Waals surface area contributed by atoms with Gasteiger partial charge in [0.25, 0.3) is 0 Å². The Balaban J connectivity index is 1.90. The lowest BCUT2D eigenvalue weighted by atomic mass is 10.3. The third-order valence-corrected chi connectivity index (χ3v) is 2.07. The third-order valence-electron chi connectivity index (χ3n) is 2.07. The van der Waals surface area contributed by atoms with Crippen LogP contribution in [0.3, 0.4) is 0 Å². The molecule has 0 saturated heterocycles. The van der Waals surface area contributed by atoms with Crippen molar-refractivity contribution in [3.05, 3.63) is 36.2 Å². The topological polar surface area (TPSA) is 99.9 Å². The van der Waals surface area contributed by atoms with E-state index in [0.717, 1.165) is 5.69 Å². The van der Waals surface area contributed by atoms with Crippen LogP contribution in [-0.2, 0) is 6.42 Å². The first-order valence-electron chi connectivity index (χ1n) is 5.17. The van der Waals surface area contributed by atoms with Gasteiger partial charge in [-0.05, 0) is 12.1 Å². The highest BCUT2D eigenvalue weighted by Crippen LogP contribution is 2.11. The van der Waals surface area contributed by atoms with Crippen molar-refractivity contribution in [1.82, 2.24) is 15.0 Å². The van der Waals surface area contributed by atoms with Gasteiger partial charge in [-0.25, -0.2) is 0 Å². The zero-order chi connectivity index (χ0) is 12.1. The van der Waals surface area contributed by atoms with Crippen LogP contribution in [0.1, 0.15) is 5.69 Å². The molecule has 2 aromatic rings. The molecule has 4 N–H and O–H groups in total. The molecule has 2 aromatic heterocycles. The average molecular weight is 231 g/mol. The second-order valence-electron chi connectivity index (χ2n) is 3.41. The van der Waals surface area contributed by atoms with Crippen LogP contribution in [-0.4, -0.2) is 21.6 Å². The van der Waals surface area contributed by atoms with Crippen molar-refractivity contribution in [1.29, 1.82) is 0 Å². The third kappa shape index (κ3) is 3.30. The van der Waals surface area contributed by atoms with Gasteiger partial charge in [0.05, 0.1) is 6.61 Å². The van der Waals surface area contributed by atoms with Gasteiger partial charge in [-0.2, -0.15) is 9.97 Å². The normalized spacial score (nSPS) is 10.1. The number of rotatable bonds is 4. The summed E-state index contributed by atoms with van der Waals surface area (Å²) < 4.78 is 5.42. The molecule has 0 fully saturated rings. The summed E-state index contributed by atoms with van der Waals surface area (Å²) in [5, 5.41) is 0. The van der Waals surface area contributed by atoms with Crippen molar-refractivity contribution in [2.24, 2.45) is 0 Å². The molecule has 0 radical (unpaired) electrons. The number of hydrogen-bond donors (Lipinski definition) is 2. The molecule has 0 spiro atoms. The minimum atomic E-state index is 0.109. The number of hydrogen-bond acceptors (Lipinski definition) is 6. The fourth-order valence-corrected chi connectivity index (χ4v) is 1.34. The Labute approximate surface area is 98.7 Å². The van der Waals surface area contributed by atoms with E-state index in [1.165, 1.54) is 6.07 Å². The van der Waals surface area contributed by atoms with Crippen LogP contribution in [0, 0.1) is 0 Å². The Morgan fingerprint density at radius 3 is 2.76 bits per heavy atom. The van der Waals surface area contributed by atoms with Gasteiger partial charge in [-0.15, -0.1) is 0 Å². The lowest BCUT2D eigenvalue weighted by Crippen LogP contribution is -2.06. The van der Waals surface area contributed by atoms with Gasteiger partial charge >= 0.3 is 0 Å². The molecule has 0 unspecified atom stereocenters. The maximum absolute atomic E-state index is 5.52. The zero-order valence-corrected chi connectivity index (χ0v) is 9.21. The number of pyridine rings is 1. The van der Waals surface area contributed by atoms with Crippen molar-refractivity contribution in [3.8, 4) is 5.88 Å². The molecule has 0 aliphatic heterocycles. The molecular formula is C11H13N5O. The summed E-state index contributed by atoms with van der Waals surface area (Å²) in [6, 6.07) is 7.28. The van der Waals surface area contributed by atoms with E-state index < -0.39 is 0 Å². The number of aromatic nitrogens is 3. The summed E-state index contributed by atoms with van der Waals surface area (Å²) in [5.74, 6) is 0.786. The second-order valence-corrected chi connectivity index (χ2v) is 3.41. The van der Waals surface area contributed by atoms with E-state index in [1.54, 1.807) is 6.20 Å². The first-order valence-corrected chi connectivity index (χ1v) is 5.17. The van der Waals surface area contributed by atoms with E-state index in [0.29, 0.717) is 24.7 Å². The molecule has 88 valence electrons. The quantitative estimate of drug-likeness (QED) is 0.801. The van der Waals surface area contributed by atoms with Crippen molar-refractivity contribution in [3.63, 3.8) is 0 Å². The predicted molar refractivity (Wildman–Crippen MR) is 64.3 cm³/mol. The fourth-order valence-electron chi connectivity index (χ4n) is 1.34. The molecule has 17 heavy (non-hydrogen) atoms. The van der Waals surface area contributed by atoms with Crippen LogP contribution < -0.4 is 16.2 Å². The Hall–Kier alpha value is -2.37. The molecule has 0 aliphatic carbocycles. The Bertz CT molecular complexity index is 468. The summed E-state index contributed by atoms with van der Waals surface area (Å²) in [6.45, 7) is 0.465. The Morgan fingerprint density at radius 1 is 1.18 bits per heavy atom. The summed E-state index contributed by atoms with van der Waals surface area (Å²) in [4.78, 5) is 11.8. The average Bonchev–Trinajstić information content (AvgIpc) is 2.29. The molecule has 0 aliphatic rings. The number of anilines is 2. The number of nitrogens with two attached hydrogens (primary N) is 2. The highest BCUT2D eigenvalue weighted by molar-refractivity contribution is 5.38. The monoisotopic (exact) mass is 231 g/mol. The van der Waals surface area contributed by atoms with Gasteiger partial charge in [0.15, 0.2) is 0 Å². The van der Waals surface area contributed by atoms with Crippen molar-refractivity contribution < 1.29 is 4.74 Å². The maximum atomic E-state index is 5.52. The minimum absolute atomic E-state index is 0.109. The molecular weight excluding hydrogens is 218 g/mol. The maximum Gasteiger partial charge on any atom is 0.225 e. The minimum Gasteiger partial charge on any atom is -0.477 e. The molecule has 6 heteroatoms. The van der Waals surface area contributed by atoms with Crippen LogP contribution in [0.4, 0.5) is 11.8 Å². The van der Waals surface area contributed by atoms with Crippen molar-refractivity contribution >= 4 is 11.8 Å². The van der Waals surface area contributed by atoms with Crippen LogP contribution >= 0.6 is 0 Å². The van der Waals surface area contributed by atoms with E-state index >= 15 is 0 Å². The van der Waals surface area contributed by atoms with Gasteiger partial charge < -0.3 is 16.2 Å². The van der Waals surface area contributed by atoms with Gasteiger partial charge in [0, 0.05) is 24.4 Å². The first kappa shape index (κ1) is 11.1. The van der Waals surface area contributed by atoms with E-state index in [1.807, 2.05) is 18.2 Å². The standard InChI is InChI=1S/C11H13N5O/c12-9-7-10(16-11(13)15-9)17-6-4-8-3-1-2-5-14-8/h1-3,5,7H,4,6H2,(H4,12,13,15,16). The van der Waals surface area contributed by atoms with Crippen molar-refractivity contribution in [2.75, 3.05) is 18.1 Å². The van der Waals surface area contributed by atoms with E-state index in [9.17, 15) is 0 Å². The summed E-state index contributed by atoms with van der Waals surface area (Å²) in [6.07, 6.45) is 2.45. The van der Waals surface area contributed by atoms with E-state index in [4.69, 9.17) is 16.2 Å². The van der Waals surface area contributed by atoms with Gasteiger partial charge in [0.2, 0.25) is 11.8 Å². The Morgan fingerprint density at radius 2 is 2.06 bits per heavy atom. The van der Waals surface area contributed by atoms with Crippen molar-refractivity contribution in [2.45, 2.75) is 6.42 Å². The highest BCUT2D eigenvalue weighted by Gasteiger charge is 2.01. The Kier molecular flexibility index (Phi) is 3.34. The summed E-state index contributed by atoms with van der Waals surface area (Å²) >= 11 is 0. The molecule has 2 heterocycles. The molecule has 6 nitrogen and oxygen atoms in total. The lowest BCUT2D eigenvalue weighted by Gasteiger charge is -2.05. The smallest absolute Gasteiger partial charge is 0.225 e. The molecule has 0 bridgehead atoms. The number of nitrogens with zero attached hydrogens (tertiary/aromatic N) is 3. The van der Waals surface area contributed by atoms with Crippen LogP contribution in [0.25, 0.3) is 0 Å². The predicted octanol–water partition coefficient (Wildman–Crippen LogP) is 0.657. The summed E-state index contributed by atoms with van der Waals surface area (Å²) in [7, 11) is 0. The molecule has 0 aromatic carbocycles. The fraction of sp³-hybridized carbons (Fsp3) is 0.182. The lowest BCUT2D eigenvalue weighted by molar-refractivity contribution is 0.308. The summed E-state index contributed by atoms with van der Waals surface area (Å²) in [5.41, 5.74) is 11.9. The molecule has 0 amide bonds. The SMILES string of the molecule is Nc1cc(OCCc2ccccn2)nc(N)n1. The molecule has 2 rings (SSSR count).